The van der Waals surface area contributed by atoms with Gasteiger partial charge in [-0.05, 0) is 46.3 Å². The molecule has 0 bridgehead atoms. The quantitative estimate of drug-likeness (QED) is 0.834. The molecular formula is C13H11BrN2O. The first-order valence-electron chi connectivity index (χ1n) is 5.08. The minimum absolute atomic E-state index is 0.156. The summed E-state index contributed by atoms with van der Waals surface area (Å²) in [7, 11) is 0. The summed E-state index contributed by atoms with van der Waals surface area (Å²) in [6.07, 6.45) is 0. The zero-order valence-electron chi connectivity index (χ0n) is 8.98. The molecule has 0 aliphatic heterocycles. The van der Waals surface area contributed by atoms with Gasteiger partial charge in [-0.2, -0.15) is 0 Å². The average Bonchev–Trinajstić information content (AvgIpc) is 2.34. The highest BCUT2D eigenvalue weighted by molar-refractivity contribution is 9.10. The van der Waals surface area contributed by atoms with Crippen molar-refractivity contribution in [1.82, 2.24) is 0 Å². The van der Waals surface area contributed by atoms with Crippen LogP contribution in [0.5, 0.6) is 0 Å². The lowest BCUT2D eigenvalue weighted by atomic mass is 10.2. The molecule has 3 nitrogen and oxygen atoms in total. The van der Waals surface area contributed by atoms with Crippen LogP contribution in [0, 0.1) is 0 Å². The van der Waals surface area contributed by atoms with E-state index < -0.39 is 0 Å². The Bertz CT molecular complexity index is 540. The van der Waals surface area contributed by atoms with Gasteiger partial charge in [0, 0.05) is 21.4 Å². The fourth-order valence-corrected chi connectivity index (χ4v) is 1.77. The van der Waals surface area contributed by atoms with E-state index in [-0.39, 0.29) is 5.91 Å². The van der Waals surface area contributed by atoms with Crippen LogP contribution in [0.25, 0.3) is 0 Å². The van der Waals surface area contributed by atoms with Crippen LogP contribution in [0.15, 0.2) is 53.0 Å². The van der Waals surface area contributed by atoms with Crippen LogP contribution in [0.4, 0.5) is 11.4 Å². The molecule has 17 heavy (non-hydrogen) atoms. The Balaban J connectivity index is 2.18. The number of halogens is 1. The Labute approximate surface area is 108 Å². The Hall–Kier alpha value is -1.81. The molecule has 2 aromatic rings. The van der Waals surface area contributed by atoms with Gasteiger partial charge in [0.25, 0.3) is 5.91 Å². The van der Waals surface area contributed by atoms with E-state index >= 15 is 0 Å². The molecule has 0 aromatic heterocycles. The van der Waals surface area contributed by atoms with Gasteiger partial charge in [-0.3, -0.25) is 4.79 Å². The van der Waals surface area contributed by atoms with Gasteiger partial charge in [-0.15, -0.1) is 0 Å². The number of nitrogens with one attached hydrogen (secondary N) is 1. The van der Waals surface area contributed by atoms with Crippen LogP contribution < -0.4 is 11.1 Å². The number of rotatable bonds is 2. The van der Waals surface area contributed by atoms with Gasteiger partial charge in [0.2, 0.25) is 0 Å². The molecular weight excluding hydrogens is 280 g/mol. The average molecular weight is 291 g/mol. The normalized spacial score (nSPS) is 9.94. The molecule has 0 aliphatic rings. The zero-order valence-corrected chi connectivity index (χ0v) is 10.6. The largest absolute Gasteiger partial charge is 0.398 e. The first-order valence-corrected chi connectivity index (χ1v) is 5.87. The number of para-hydroxylation sites is 1. The lowest BCUT2D eigenvalue weighted by molar-refractivity contribution is 0.102. The third kappa shape index (κ3) is 2.85. The molecule has 0 atom stereocenters. The van der Waals surface area contributed by atoms with Gasteiger partial charge >= 0.3 is 0 Å². The lowest BCUT2D eigenvalue weighted by Crippen LogP contribution is -2.11. The van der Waals surface area contributed by atoms with Gasteiger partial charge < -0.3 is 11.1 Å². The molecule has 0 fully saturated rings. The van der Waals surface area contributed by atoms with Crippen molar-refractivity contribution in [3.8, 4) is 0 Å². The predicted molar refractivity (Wildman–Crippen MR) is 72.9 cm³/mol. The molecule has 0 heterocycles. The lowest BCUT2D eigenvalue weighted by Gasteiger charge is -2.06. The number of benzene rings is 2. The van der Waals surface area contributed by atoms with Crippen molar-refractivity contribution in [3.05, 3.63) is 58.6 Å². The smallest absolute Gasteiger partial charge is 0.255 e. The van der Waals surface area contributed by atoms with Crippen LogP contribution in [0.2, 0.25) is 0 Å². The van der Waals surface area contributed by atoms with E-state index in [2.05, 4.69) is 21.2 Å². The van der Waals surface area contributed by atoms with Crippen LogP contribution in [-0.4, -0.2) is 5.91 Å². The molecule has 2 aromatic carbocycles. The van der Waals surface area contributed by atoms with E-state index in [1.54, 1.807) is 18.2 Å². The monoisotopic (exact) mass is 290 g/mol. The van der Waals surface area contributed by atoms with Crippen LogP contribution >= 0.6 is 15.9 Å². The Kier molecular flexibility index (Phi) is 3.44. The number of hydrogen-bond donors (Lipinski definition) is 2. The Morgan fingerprint density at radius 2 is 1.82 bits per heavy atom. The van der Waals surface area contributed by atoms with Crippen molar-refractivity contribution in [3.63, 3.8) is 0 Å². The van der Waals surface area contributed by atoms with Crippen molar-refractivity contribution in [2.24, 2.45) is 0 Å². The fourth-order valence-electron chi connectivity index (χ4n) is 1.39. The number of carbonyl (C=O) groups excluding carboxylic acids is 1. The zero-order chi connectivity index (χ0) is 12.3. The maximum atomic E-state index is 11.9. The van der Waals surface area contributed by atoms with Crippen molar-refractivity contribution in [2.45, 2.75) is 0 Å². The van der Waals surface area contributed by atoms with E-state index in [1.807, 2.05) is 30.3 Å². The summed E-state index contributed by atoms with van der Waals surface area (Å²) < 4.78 is 0.721. The second kappa shape index (κ2) is 5.01. The van der Waals surface area contributed by atoms with E-state index in [4.69, 9.17) is 5.73 Å². The van der Waals surface area contributed by atoms with Gasteiger partial charge in [0.1, 0.15) is 0 Å². The Morgan fingerprint density at radius 3 is 2.47 bits per heavy atom. The van der Waals surface area contributed by atoms with E-state index in [1.165, 1.54) is 0 Å². The number of nitrogen functional groups attached to an aromatic ring is 1. The summed E-state index contributed by atoms with van der Waals surface area (Å²) in [6, 6.07) is 14.4. The first-order chi connectivity index (χ1) is 8.16. The summed E-state index contributed by atoms with van der Waals surface area (Å²) >= 11 is 3.29. The van der Waals surface area contributed by atoms with Crippen molar-refractivity contribution >= 4 is 33.2 Å². The number of nitrogens with two attached hydrogens (primary N) is 1. The highest BCUT2D eigenvalue weighted by Gasteiger charge is 2.07. The van der Waals surface area contributed by atoms with Crippen LogP contribution in [0.1, 0.15) is 10.4 Å². The molecule has 0 saturated carbocycles. The molecule has 0 aliphatic carbocycles. The van der Waals surface area contributed by atoms with E-state index in [0.29, 0.717) is 11.3 Å². The van der Waals surface area contributed by atoms with E-state index in [9.17, 15) is 4.79 Å². The predicted octanol–water partition coefficient (Wildman–Crippen LogP) is 3.28. The molecule has 0 spiro atoms. The summed E-state index contributed by atoms with van der Waals surface area (Å²) in [6.45, 7) is 0. The maximum absolute atomic E-state index is 11.9. The third-order valence-corrected chi connectivity index (χ3v) is 2.98. The Morgan fingerprint density at radius 1 is 1.12 bits per heavy atom. The van der Waals surface area contributed by atoms with Gasteiger partial charge in [-0.25, -0.2) is 0 Å². The highest BCUT2D eigenvalue weighted by Crippen LogP contribution is 2.21. The van der Waals surface area contributed by atoms with Crippen LogP contribution in [-0.2, 0) is 0 Å². The topological polar surface area (TPSA) is 55.1 Å². The summed E-state index contributed by atoms with van der Waals surface area (Å²) in [5.41, 5.74) is 7.61. The second-order valence-corrected chi connectivity index (χ2v) is 4.41. The molecule has 3 N–H and O–H groups in total. The van der Waals surface area contributed by atoms with Crippen molar-refractivity contribution in [1.29, 1.82) is 0 Å². The fraction of sp³-hybridized carbons (Fsp3) is 0. The van der Waals surface area contributed by atoms with Gasteiger partial charge in [0.05, 0.1) is 0 Å². The molecule has 0 unspecified atom stereocenters. The molecule has 4 heteroatoms. The summed E-state index contributed by atoms with van der Waals surface area (Å²) in [5.74, 6) is -0.156. The van der Waals surface area contributed by atoms with Crippen molar-refractivity contribution < 1.29 is 4.79 Å². The maximum Gasteiger partial charge on any atom is 0.255 e. The summed E-state index contributed by atoms with van der Waals surface area (Å²) in [5, 5.41) is 2.80. The minimum Gasteiger partial charge on any atom is -0.398 e. The van der Waals surface area contributed by atoms with Gasteiger partial charge in [-0.1, -0.05) is 18.2 Å². The van der Waals surface area contributed by atoms with Gasteiger partial charge in [0.15, 0.2) is 0 Å². The summed E-state index contributed by atoms with van der Waals surface area (Å²) in [4.78, 5) is 11.9. The first kappa shape index (κ1) is 11.7. The van der Waals surface area contributed by atoms with Crippen molar-refractivity contribution in [2.75, 3.05) is 11.1 Å². The van der Waals surface area contributed by atoms with E-state index in [0.717, 1.165) is 10.2 Å². The number of hydrogen-bond acceptors (Lipinski definition) is 2. The SMILES string of the molecule is Nc1ccc(C(=O)Nc2ccccc2)cc1Br. The molecule has 1 amide bonds. The van der Waals surface area contributed by atoms with Crippen LogP contribution in [0.3, 0.4) is 0 Å². The molecule has 0 radical (unpaired) electrons. The third-order valence-electron chi connectivity index (χ3n) is 2.29. The second-order valence-electron chi connectivity index (χ2n) is 3.56. The highest BCUT2D eigenvalue weighted by atomic mass is 79.9. The molecule has 86 valence electrons. The number of amides is 1. The standard InChI is InChI=1S/C13H11BrN2O/c14-11-8-9(6-7-12(11)15)13(17)16-10-4-2-1-3-5-10/h1-8H,15H2,(H,16,17). The minimum atomic E-state index is -0.156. The molecule has 0 saturated heterocycles. The number of anilines is 2. The molecule has 2 rings (SSSR count). The number of carbonyl (C=O) groups is 1.